The van der Waals surface area contributed by atoms with Gasteiger partial charge in [-0.05, 0) is 31.4 Å². The topological polar surface area (TPSA) is 46.5 Å². The molecule has 1 N–H and O–H groups in total. The van der Waals surface area contributed by atoms with E-state index in [9.17, 15) is 14.3 Å². The van der Waals surface area contributed by atoms with E-state index in [0.29, 0.717) is 29.7 Å². The third-order valence-corrected chi connectivity index (χ3v) is 3.34. The van der Waals surface area contributed by atoms with Crippen LogP contribution in [0.1, 0.15) is 37.1 Å². The van der Waals surface area contributed by atoms with Gasteiger partial charge < -0.3 is 9.84 Å². The number of methoxy groups -OCH3 is 1. The average molecular weight is 238 g/mol. The van der Waals surface area contributed by atoms with Crippen molar-refractivity contribution in [1.29, 1.82) is 0 Å². The summed E-state index contributed by atoms with van der Waals surface area (Å²) in [5, 5.41) is 9.31. The first-order valence-electron chi connectivity index (χ1n) is 5.58. The third-order valence-electron chi connectivity index (χ3n) is 3.34. The zero-order valence-electron chi connectivity index (χ0n) is 9.87. The van der Waals surface area contributed by atoms with Gasteiger partial charge in [-0.2, -0.15) is 0 Å². The van der Waals surface area contributed by atoms with Gasteiger partial charge in [0.05, 0.1) is 12.5 Å². The highest BCUT2D eigenvalue weighted by molar-refractivity contribution is 5.86. The van der Waals surface area contributed by atoms with Crippen LogP contribution in [0.3, 0.4) is 0 Å². The second-order valence-corrected chi connectivity index (χ2v) is 4.43. The Labute approximate surface area is 99.2 Å². The molecule has 0 bridgehead atoms. The maximum atomic E-state index is 13.6. The number of carboxylic acid groups (broad SMARTS) is 1. The average Bonchev–Trinajstić information content (AvgIpc) is 3.08. The van der Waals surface area contributed by atoms with Crippen molar-refractivity contribution in [3.05, 3.63) is 29.3 Å². The highest BCUT2D eigenvalue weighted by Gasteiger charge is 2.54. The fraction of sp³-hybridized carbons (Fsp3) is 0.462. The van der Waals surface area contributed by atoms with Crippen LogP contribution in [0.25, 0.3) is 0 Å². The fourth-order valence-corrected chi connectivity index (χ4v) is 2.26. The van der Waals surface area contributed by atoms with Gasteiger partial charge in [-0.3, -0.25) is 4.79 Å². The predicted octanol–water partition coefficient (Wildman–Crippen LogP) is 2.84. The van der Waals surface area contributed by atoms with Gasteiger partial charge in [0.1, 0.15) is 11.9 Å². The molecule has 1 aromatic rings. The van der Waals surface area contributed by atoms with Crippen molar-refractivity contribution in [2.24, 2.45) is 0 Å². The number of ether oxygens (including phenoxy) is 1. The number of hydrogen-bond donors (Lipinski definition) is 1. The standard InChI is InChI=1S/C13H15FO3/c1-8(14)9-4-3-5-10(17-2)11(9)13(6-7-13)12(15)16/h3-5,8H,6-7H2,1-2H3,(H,15,16). The van der Waals surface area contributed by atoms with Crippen LogP contribution in [0.5, 0.6) is 5.75 Å². The molecule has 4 heteroatoms. The van der Waals surface area contributed by atoms with Crippen molar-refractivity contribution in [1.82, 2.24) is 0 Å². The Morgan fingerprint density at radius 1 is 1.53 bits per heavy atom. The molecule has 17 heavy (non-hydrogen) atoms. The van der Waals surface area contributed by atoms with Crippen molar-refractivity contribution in [2.45, 2.75) is 31.4 Å². The summed E-state index contributed by atoms with van der Waals surface area (Å²) in [4.78, 5) is 11.3. The molecule has 0 heterocycles. The summed E-state index contributed by atoms with van der Waals surface area (Å²) in [6.07, 6.45) is -0.109. The number of rotatable bonds is 4. The zero-order chi connectivity index (χ0) is 12.6. The molecule has 0 amide bonds. The Bertz CT molecular complexity index is 450. The van der Waals surface area contributed by atoms with Gasteiger partial charge >= 0.3 is 5.97 Å². The van der Waals surface area contributed by atoms with Gasteiger partial charge in [0.2, 0.25) is 0 Å². The molecule has 1 aliphatic rings. The third kappa shape index (κ3) is 1.77. The van der Waals surface area contributed by atoms with Crippen LogP contribution in [0.4, 0.5) is 4.39 Å². The second-order valence-electron chi connectivity index (χ2n) is 4.43. The van der Waals surface area contributed by atoms with E-state index in [2.05, 4.69) is 0 Å². The summed E-state index contributed by atoms with van der Waals surface area (Å²) in [6.45, 7) is 1.41. The van der Waals surface area contributed by atoms with Gasteiger partial charge in [-0.15, -0.1) is 0 Å². The molecular weight excluding hydrogens is 223 g/mol. The van der Waals surface area contributed by atoms with Gasteiger partial charge in [-0.1, -0.05) is 12.1 Å². The van der Waals surface area contributed by atoms with Crippen molar-refractivity contribution >= 4 is 5.97 Å². The van der Waals surface area contributed by atoms with Crippen LogP contribution in [0.2, 0.25) is 0 Å². The zero-order valence-corrected chi connectivity index (χ0v) is 9.87. The van der Waals surface area contributed by atoms with Crippen LogP contribution in [-0.2, 0) is 10.2 Å². The number of halogens is 1. The van der Waals surface area contributed by atoms with Gasteiger partial charge in [0, 0.05) is 5.56 Å². The summed E-state index contributed by atoms with van der Waals surface area (Å²) in [7, 11) is 1.48. The second kappa shape index (κ2) is 4.02. The van der Waals surface area contributed by atoms with E-state index in [1.54, 1.807) is 18.2 Å². The lowest BCUT2D eigenvalue weighted by Crippen LogP contribution is -2.22. The van der Waals surface area contributed by atoms with E-state index in [1.807, 2.05) is 0 Å². The molecule has 1 aliphatic carbocycles. The Balaban J connectivity index is 2.61. The van der Waals surface area contributed by atoms with Gasteiger partial charge in [-0.25, -0.2) is 4.39 Å². The smallest absolute Gasteiger partial charge is 0.314 e. The van der Waals surface area contributed by atoms with Crippen LogP contribution in [0, 0.1) is 0 Å². The number of aliphatic carboxylic acids is 1. The molecule has 0 saturated heterocycles. The first-order chi connectivity index (χ1) is 8.03. The van der Waals surface area contributed by atoms with Crippen molar-refractivity contribution < 1.29 is 19.0 Å². The molecule has 0 aliphatic heterocycles. The number of benzene rings is 1. The first kappa shape index (κ1) is 11.9. The largest absolute Gasteiger partial charge is 0.496 e. The minimum Gasteiger partial charge on any atom is -0.496 e. The molecule has 92 valence electrons. The monoisotopic (exact) mass is 238 g/mol. The molecule has 1 atom stereocenters. The van der Waals surface area contributed by atoms with Crippen LogP contribution in [-0.4, -0.2) is 18.2 Å². The van der Waals surface area contributed by atoms with E-state index in [1.165, 1.54) is 14.0 Å². The first-order valence-corrected chi connectivity index (χ1v) is 5.58. The number of hydrogen-bond acceptors (Lipinski definition) is 2. The molecule has 0 spiro atoms. The van der Waals surface area contributed by atoms with E-state index in [4.69, 9.17) is 4.74 Å². The van der Waals surface area contributed by atoms with Gasteiger partial charge in [0.15, 0.2) is 0 Å². The molecule has 0 aromatic heterocycles. The van der Waals surface area contributed by atoms with Crippen LogP contribution >= 0.6 is 0 Å². The molecule has 1 saturated carbocycles. The number of carboxylic acids is 1. The van der Waals surface area contributed by atoms with Crippen molar-refractivity contribution in [3.63, 3.8) is 0 Å². The lowest BCUT2D eigenvalue weighted by atomic mass is 9.88. The van der Waals surface area contributed by atoms with Crippen molar-refractivity contribution in [3.8, 4) is 5.75 Å². The normalized spacial score (nSPS) is 18.5. The number of carbonyl (C=O) groups is 1. The van der Waals surface area contributed by atoms with Gasteiger partial charge in [0.25, 0.3) is 0 Å². The predicted molar refractivity (Wildman–Crippen MR) is 61.1 cm³/mol. The summed E-state index contributed by atoms with van der Waals surface area (Å²) in [6, 6.07) is 5.00. The van der Waals surface area contributed by atoms with Crippen molar-refractivity contribution in [2.75, 3.05) is 7.11 Å². The summed E-state index contributed by atoms with van der Waals surface area (Å²) >= 11 is 0. The highest BCUT2D eigenvalue weighted by Crippen LogP contribution is 2.53. The molecule has 2 rings (SSSR count). The molecule has 1 aromatic carbocycles. The van der Waals surface area contributed by atoms with E-state index in [-0.39, 0.29) is 0 Å². The van der Waals surface area contributed by atoms with E-state index < -0.39 is 17.6 Å². The summed E-state index contributed by atoms with van der Waals surface area (Å²) in [5.74, 6) is -0.434. The maximum absolute atomic E-state index is 13.6. The molecule has 3 nitrogen and oxygen atoms in total. The van der Waals surface area contributed by atoms with E-state index in [0.717, 1.165) is 0 Å². The fourth-order valence-electron chi connectivity index (χ4n) is 2.26. The highest BCUT2D eigenvalue weighted by atomic mass is 19.1. The lowest BCUT2D eigenvalue weighted by Gasteiger charge is -2.19. The lowest BCUT2D eigenvalue weighted by molar-refractivity contribution is -0.140. The Morgan fingerprint density at radius 2 is 2.18 bits per heavy atom. The van der Waals surface area contributed by atoms with E-state index >= 15 is 0 Å². The molecule has 1 fully saturated rings. The SMILES string of the molecule is COc1cccc(C(C)F)c1C1(C(=O)O)CC1. The maximum Gasteiger partial charge on any atom is 0.314 e. The summed E-state index contributed by atoms with van der Waals surface area (Å²) in [5.41, 5.74) is -0.0169. The molecule has 1 unspecified atom stereocenters. The molecule has 0 radical (unpaired) electrons. The minimum atomic E-state index is -1.20. The Hall–Kier alpha value is -1.58. The minimum absolute atomic E-state index is 0.421. The Kier molecular flexibility index (Phi) is 2.81. The Morgan fingerprint density at radius 3 is 2.59 bits per heavy atom. The quantitative estimate of drug-likeness (QED) is 0.877. The molecular formula is C13H15FO3. The van der Waals surface area contributed by atoms with Crippen LogP contribution < -0.4 is 4.74 Å². The van der Waals surface area contributed by atoms with Crippen LogP contribution in [0.15, 0.2) is 18.2 Å². The summed E-state index contributed by atoms with van der Waals surface area (Å²) < 4.78 is 18.8. The number of alkyl halides is 1.